The van der Waals surface area contributed by atoms with E-state index < -0.39 is 0 Å². The first kappa shape index (κ1) is 15.3. The summed E-state index contributed by atoms with van der Waals surface area (Å²) in [6.45, 7) is 9.57. The van der Waals surface area contributed by atoms with Crippen LogP contribution in [0.1, 0.15) is 23.4 Å². The first-order chi connectivity index (χ1) is 12.2. The number of rotatable bonds is 2. The third-order valence-electron chi connectivity index (χ3n) is 5.45. The minimum absolute atomic E-state index is 0.248. The van der Waals surface area contributed by atoms with Gasteiger partial charge in [-0.05, 0) is 32.4 Å². The topological polar surface area (TPSA) is 68.3 Å². The molecule has 2 atom stereocenters. The molecule has 5 heterocycles. The van der Waals surface area contributed by atoms with E-state index in [2.05, 4.69) is 38.4 Å². The van der Waals surface area contributed by atoms with Crippen LogP contribution in [0.2, 0.25) is 0 Å². The second kappa shape index (κ2) is 5.79. The molecule has 5 rings (SSSR count). The molecule has 3 N–H and O–H groups in total. The Bertz CT molecular complexity index is 863. The van der Waals surface area contributed by atoms with E-state index in [4.69, 9.17) is 4.99 Å². The van der Waals surface area contributed by atoms with E-state index in [1.54, 1.807) is 11.3 Å². The lowest BCUT2D eigenvalue weighted by molar-refractivity contribution is 0.194. The number of hydrogen-bond donors (Lipinski definition) is 3. The number of thiophene rings is 1. The highest BCUT2D eigenvalue weighted by Crippen LogP contribution is 2.41. The molecular weight excluding hydrogens is 332 g/mol. The van der Waals surface area contributed by atoms with Crippen molar-refractivity contribution in [3.63, 3.8) is 0 Å². The predicted octanol–water partition coefficient (Wildman–Crippen LogP) is 2.49. The number of nitrogens with one attached hydrogen (secondary N) is 3. The molecule has 3 aliphatic heterocycles. The van der Waals surface area contributed by atoms with Gasteiger partial charge < -0.3 is 10.6 Å². The Hall–Kier alpha value is -1.96. The highest BCUT2D eigenvalue weighted by Gasteiger charge is 2.34. The molecule has 2 aromatic rings. The molecule has 7 heteroatoms. The quantitative estimate of drug-likeness (QED) is 0.775. The number of aliphatic imine (C=N–C) groups is 1. The van der Waals surface area contributed by atoms with Crippen molar-refractivity contribution in [1.29, 1.82) is 0 Å². The lowest BCUT2D eigenvalue weighted by Gasteiger charge is -2.37. The number of aromatic nitrogens is 2. The molecule has 25 heavy (non-hydrogen) atoms. The Morgan fingerprint density at radius 2 is 2.32 bits per heavy atom. The predicted molar refractivity (Wildman–Crippen MR) is 102 cm³/mol. The van der Waals surface area contributed by atoms with Gasteiger partial charge in [0.15, 0.2) is 0 Å². The van der Waals surface area contributed by atoms with Crippen LogP contribution in [0, 0.1) is 6.92 Å². The Balaban J connectivity index is 1.45. The number of H-pyrrole nitrogens is 1. The molecular formula is C18H22N6S. The molecule has 0 spiro atoms. The van der Waals surface area contributed by atoms with E-state index in [-0.39, 0.29) is 6.04 Å². The van der Waals surface area contributed by atoms with Gasteiger partial charge in [-0.3, -0.25) is 10.00 Å². The summed E-state index contributed by atoms with van der Waals surface area (Å²) in [6, 6.07) is 3.11. The monoisotopic (exact) mass is 354 g/mol. The molecule has 2 unspecified atom stereocenters. The Morgan fingerprint density at radius 1 is 1.40 bits per heavy atom. The lowest BCUT2D eigenvalue weighted by Crippen LogP contribution is -2.59. The number of amidine groups is 1. The fraction of sp³-hybridized carbons (Fsp3) is 0.444. The van der Waals surface area contributed by atoms with Gasteiger partial charge in [0.25, 0.3) is 0 Å². The molecule has 0 saturated carbocycles. The fourth-order valence-electron chi connectivity index (χ4n) is 4.07. The van der Waals surface area contributed by atoms with E-state index in [0.717, 1.165) is 46.4 Å². The van der Waals surface area contributed by atoms with Crippen LogP contribution >= 0.6 is 11.3 Å². The van der Waals surface area contributed by atoms with Crippen LogP contribution in [0.5, 0.6) is 0 Å². The van der Waals surface area contributed by atoms with Gasteiger partial charge in [-0.25, -0.2) is 4.99 Å². The molecule has 0 aliphatic carbocycles. The average molecular weight is 354 g/mol. The zero-order valence-corrected chi connectivity index (χ0v) is 15.1. The maximum absolute atomic E-state index is 4.93. The molecule has 0 bridgehead atoms. The van der Waals surface area contributed by atoms with E-state index in [1.165, 1.54) is 24.3 Å². The number of piperazine rings is 1. The van der Waals surface area contributed by atoms with Gasteiger partial charge in [0, 0.05) is 35.3 Å². The third kappa shape index (κ3) is 2.54. The van der Waals surface area contributed by atoms with Crippen molar-refractivity contribution >= 4 is 28.6 Å². The Labute approximate surface area is 151 Å². The average Bonchev–Trinajstić information content (AvgIpc) is 3.31. The van der Waals surface area contributed by atoms with Gasteiger partial charge in [-0.15, -0.1) is 11.3 Å². The van der Waals surface area contributed by atoms with Gasteiger partial charge in [0.1, 0.15) is 5.84 Å². The third-order valence-corrected chi connectivity index (χ3v) is 6.67. The van der Waals surface area contributed by atoms with Crippen LogP contribution in [0.3, 0.4) is 0 Å². The normalized spacial score (nSPS) is 26.1. The summed E-state index contributed by atoms with van der Waals surface area (Å²) in [7, 11) is 0. The largest absolute Gasteiger partial charge is 0.342 e. The summed E-state index contributed by atoms with van der Waals surface area (Å²) >= 11 is 1.72. The summed E-state index contributed by atoms with van der Waals surface area (Å²) in [6.07, 6.45) is 4.51. The van der Waals surface area contributed by atoms with E-state index >= 15 is 0 Å². The van der Waals surface area contributed by atoms with Crippen LogP contribution in [-0.4, -0.2) is 52.7 Å². The van der Waals surface area contributed by atoms with Crippen LogP contribution in [-0.2, 0) is 0 Å². The van der Waals surface area contributed by atoms with Crippen molar-refractivity contribution in [2.24, 2.45) is 4.99 Å². The lowest BCUT2D eigenvalue weighted by atomic mass is 10.1. The van der Waals surface area contributed by atoms with Crippen molar-refractivity contribution in [3.8, 4) is 10.4 Å². The zero-order valence-electron chi connectivity index (χ0n) is 14.3. The molecule has 2 aromatic heterocycles. The first-order valence-electron chi connectivity index (χ1n) is 8.85. The maximum atomic E-state index is 4.93. The highest BCUT2D eigenvalue weighted by atomic mass is 32.1. The number of aromatic amines is 1. The Morgan fingerprint density at radius 3 is 3.16 bits per heavy atom. The smallest absolute Gasteiger partial charge is 0.125 e. The minimum atomic E-state index is 0.248. The van der Waals surface area contributed by atoms with Gasteiger partial charge in [-0.2, -0.15) is 5.10 Å². The van der Waals surface area contributed by atoms with E-state index in [0.29, 0.717) is 6.04 Å². The van der Waals surface area contributed by atoms with Crippen LogP contribution in [0.4, 0.5) is 5.69 Å². The first-order valence-corrected chi connectivity index (χ1v) is 9.67. The minimum Gasteiger partial charge on any atom is -0.342 e. The van der Waals surface area contributed by atoms with Gasteiger partial charge in [0.05, 0.1) is 28.5 Å². The second-order valence-electron chi connectivity index (χ2n) is 7.09. The molecule has 0 amide bonds. The van der Waals surface area contributed by atoms with Crippen LogP contribution in [0.25, 0.3) is 16.1 Å². The molecule has 0 aromatic carbocycles. The molecule has 2 saturated heterocycles. The number of aryl methyl sites for hydroxylation is 1. The van der Waals surface area contributed by atoms with Crippen molar-refractivity contribution in [2.45, 2.75) is 31.8 Å². The number of hydrogen-bond acceptors (Lipinski definition) is 6. The fourth-order valence-corrected chi connectivity index (χ4v) is 5.16. The number of nitrogens with zero attached hydrogens (tertiary/aromatic N) is 3. The van der Waals surface area contributed by atoms with Gasteiger partial charge in [-0.1, -0.05) is 6.58 Å². The highest BCUT2D eigenvalue weighted by molar-refractivity contribution is 7.17. The molecule has 0 radical (unpaired) electrons. The molecule has 130 valence electrons. The Kier molecular flexibility index (Phi) is 3.55. The maximum Gasteiger partial charge on any atom is 0.125 e. The number of fused-ring (bicyclic) bond motifs is 2. The summed E-state index contributed by atoms with van der Waals surface area (Å²) in [5.74, 6) is 0.996. The summed E-state index contributed by atoms with van der Waals surface area (Å²) in [4.78, 5) is 9.82. The van der Waals surface area contributed by atoms with Crippen molar-refractivity contribution in [1.82, 2.24) is 25.7 Å². The zero-order chi connectivity index (χ0) is 17.0. The van der Waals surface area contributed by atoms with E-state index in [9.17, 15) is 0 Å². The van der Waals surface area contributed by atoms with Gasteiger partial charge >= 0.3 is 0 Å². The molecule has 2 fully saturated rings. The molecule has 6 nitrogen and oxygen atoms in total. The van der Waals surface area contributed by atoms with Gasteiger partial charge in [0.2, 0.25) is 0 Å². The summed E-state index contributed by atoms with van der Waals surface area (Å²) < 4.78 is 0. The molecule has 3 aliphatic rings. The van der Waals surface area contributed by atoms with Crippen LogP contribution < -0.4 is 10.6 Å². The summed E-state index contributed by atoms with van der Waals surface area (Å²) in [5, 5.41) is 14.3. The SMILES string of the molecule is C=C1NC(C2CN3CCCC3CN2)=Nc2cc(-c3cn[nH]c3C)sc21. The standard InChI is InChI=1S/C18H22N6S/c1-10-13(8-20-23-10)16-6-14-17(25-16)11(2)21-18(22-14)15-9-24-5-3-4-12(24)7-19-15/h6,8,12,15,19H,2-5,7,9H2,1H3,(H,20,23)(H,21,22). The van der Waals surface area contributed by atoms with Crippen molar-refractivity contribution < 1.29 is 0 Å². The van der Waals surface area contributed by atoms with Crippen molar-refractivity contribution in [2.75, 3.05) is 19.6 Å². The van der Waals surface area contributed by atoms with E-state index in [1.807, 2.05) is 13.1 Å². The summed E-state index contributed by atoms with van der Waals surface area (Å²) in [5.41, 5.74) is 4.18. The van der Waals surface area contributed by atoms with Crippen LogP contribution in [0.15, 0.2) is 23.8 Å². The van der Waals surface area contributed by atoms with Crippen molar-refractivity contribution in [3.05, 3.63) is 29.4 Å². The second-order valence-corrected chi connectivity index (χ2v) is 8.14.